The van der Waals surface area contributed by atoms with Crippen LogP contribution in [0.2, 0.25) is 0 Å². The van der Waals surface area contributed by atoms with Gasteiger partial charge in [-0.15, -0.1) is 0 Å². The molecule has 1 aromatic rings. The van der Waals surface area contributed by atoms with Crippen molar-refractivity contribution >= 4 is 12.1 Å². The van der Waals surface area contributed by atoms with Gasteiger partial charge in [0.1, 0.15) is 18.4 Å². The van der Waals surface area contributed by atoms with Crippen molar-refractivity contribution in [2.75, 3.05) is 6.61 Å². The molecule has 2 rings (SSSR count). The Kier molecular flexibility index (Phi) is 5.42. The molecule has 1 saturated heterocycles. The van der Waals surface area contributed by atoms with Crippen molar-refractivity contribution in [2.45, 2.75) is 59.6 Å². The number of hydrogen-bond acceptors (Lipinski definition) is 5. The van der Waals surface area contributed by atoms with Crippen LogP contribution in [0.25, 0.3) is 0 Å². The second-order valence-electron chi connectivity index (χ2n) is 8.17. The summed E-state index contributed by atoms with van der Waals surface area (Å²) in [4.78, 5) is 26.4. The minimum atomic E-state index is -0.827. The minimum absolute atomic E-state index is 0.111. The number of ether oxygens (including phenoxy) is 3. The molecule has 1 heterocycles. The number of nitrogens with zero attached hydrogens (tertiary/aromatic N) is 1. The fourth-order valence-electron chi connectivity index (χ4n) is 2.54. The molecule has 0 aromatic heterocycles. The van der Waals surface area contributed by atoms with Crippen molar-refractivity contribution in [1.82, 2.24) is 4.90 Å². The van der Waals surface area contributed by atoms with Crippen molar-refractivity contribution in [3.63, 3.8) is 0 Å². The van der Waals surface area contributed by atoms with E-state index in [1.54, 1.807) is 45.0 Å². The SMILES string of the molecule is CC(C)(C)OC(=O)N1[C@H](OC(=O)c2ccccc2)CO[C@@H]1C(C)(C)C. The lowest BCUT2D eigenvalue weighted by atomic mass is 9.93. The summed E-state index contributed by atoms with van der Waals surface area (Å²) in [5.41, 5.74) is -0.591. The van der Waals surface area contributed by atoms with E-state index in [9.17, 15) is 9.59 Å². The zero-order valence-electron chi connectivity index (χ0n) is 15.7. The van der Waals surface area contributed by atoms with E-state index in [2.05, 4.69) is 0 Å². The second-order valence-corrected chi connectivity index (χ2v) is 8.17. The van der Waals surface area contributed by atoms with Gasteiger partial charge < -0.3 is 14.2 Å². The van der Waals surface area contributed by atoms with Crippen LogP contribution >= 0.6 is 0 Å². The maximum atomic E-state index is 12.7. The van der Waals surface area contributed by atoms with Crippen molar-refractivity contribution in [3.8, 4) is 0 Å². The monoisotopic (exact) mass is 349 g/mol. The second kappa shape index (κ2) is 7.04. The lowest BCUT2D eigenvalue weighted by molar-refractivity contribution is -0.0749. The van der Waals surface area contributed by atoms with Gasteiger partial charge in [-0.25, -0.2) is 14.5 Å². The zero-order chi connectivity index (χ0) is 18.8. The lowest BCUT2D eigenvalue weighted by Gasteiger charge is -2.36. The fraction of sp³-hybridized carbons (Fsp3) is 0.579. The molecule has 0 aliphatic carbocycles. The largest absolute Gasteiger partial charge is 0.444 e. The molecule has 0 N–H and O–H groups in total. The van der Waals surface area contributed by atoms with E-state index in [0.717, 1.165) is 0 Å². The first-order chi connectivity index (χ1) is 11.5. The van der Waals surface area contributed by atoms with Gasteiger partial charge in [0.25, 0.3) is 0 Å². The van der Waals surface area contributed by atoms with E-state index in [-0.39, 0.29) is 12.0 Å². The number of benzene rings is 1. The maximum Gasteiger partial charge on any atom is 0.415 e. The topological polar surface area (TPSA) is 65.1 Å². The molecule has 0 bridgehead atoms. The van der Waals surface area contributed by atoms with Crippen molar-refractivity contribution < 1.29 is 23.8 Å². The zero-order valence-corrected chi connectivity index (χ0v) is 15.7. The summed E-state index contributed by atoms with van der Waals surface area (Å²) in [5, 5.41) is 0. The quantitative estimate of drug-likeness (QED) is 0.760. The number of carbonyl (C=O) groups excluding carboxylic acids is 2. The average molecular weight is 349 g/mol. The van der Waals surface area contributed by atoms with Crippen LogP contribution < -0.4 is 0 Å². The van der Waals surface area contributed by atoms with Crippen LogP contribution in [-0.2, 0) is 14.2 Å². The molecule has 1 aliphatic rings. The van der Waals surface area contributed by atoms with Crippen LogP contribution in [0.3, 0.4) is 0 Å². The Morgan fingerprint density at radius 2 is 1.68 bits per heavy atom. The van der Waals surface area contributed by atoms with Gasteiger partial charge in [0.05, 0.1) is 5.56 Å². The predicted molar refractivity (Wildman–Crippen MR) is 92.9 cm³/mol. The van der Waals surface area contributed by atoms with Gasteiger partial charge in [0, 0.05) is 5.41 Å². The van der Waals surface area contributed by atoms with E-state index < -0.39 is 30.1 Å². The number of rotatable bonds is 2. The van der Waals surface area contributed by atoms with Crippen LogP contribution in [0.4, 0.5) is 4.79 Å². The molecule has 6 heteroatoms. The molecule has 1 fully saturated rings. The molecule has 2 atom stereocenters. The smallest absolute Gasteiger partial charge is 0.415 e. The van der Waals surface area contributed by atoms with Crippen LogP contribution in [0.15, 0.2) is 30.3 Å². The summed E-state index contributed by atoms with van der Waals surface area (Å²) < 4.78 is 16.8. The number of esters is 1. The standard InChI is InChI=1S/C19H27NO5/c1-18(2,3)16-20(17(22)25-19(4,5)6)14(12-23-16)24-15(21)13-10-8-7-9-11-13/h7-11,14,16H,12H2,1-6H3/t14-,16-/m1/s1. The van der Waals surface area contributed by atoms with Gasteiger partial charge in [0.2, 0.25) is 6.23 Å². The molecule has 0 saturated carbocycles. The van der Waals surface area contributed by atoms with Gasteiger partial charge in [-0.1, -0.05) is 39.0 Å². The van der Waals surface area contributed by atoms with Crippen LogP contribution in [0.5, 0.6) is 0 Å². The number of hydrogen-bond donors (Lipinski definition) is 0. The van der Waals surface area contributed by atoms with Gasteiger partial charge in [-0.05, 0) is 32.9 Å². The van der Waals surface area contributed by atoms with Gasteiger partial charge in [-0.3, -0.25) is 0 Å². The lowest BCUT2D eigenvalue weighted by Crippen LogP contribution is -2.50. The summed E-state index contributed by atoms with van der Waals surface area (Å²) in [6.07, 6.45) is -1.93. The number of amides is 1. The molecule has 0 spiro atoms. The summed E-state index contributed by atoms with van der Waals surface area (Å²) in [7, 11) is 0. The third kappa shape index (κ3) is 4.95. The highest BCUT2D eigenvalue weighted by molar-refractivity contribution is 5.89. The normalized spacial score (nSPS) is 21.1. The summed E-state index contributed by atoms with van der Waals surface area (Å²) in [6, 6.07) is 8.66. The Bertz CT molecular complexity index is 615. The van der Waals surface area contributed by atoms with Crippen molar-refractivity contribution in [1.29, 1.82) is 0 Å². The Morgan fingerprint density at radius 3 is 2.20 bits per heavy atom. The van der Waals surface area contributed by atoms with Gasteiger partial charge in [-0.2, -0.15) is 0 Å². The maximum absolute atomic E-state index is 12.7. The van der Waals surface area contributed by atoms with Crippen molar-refractivity contribution in [2.24, 2.45) is 5.41 Å². The highest BCUT2D eigenvalue weighted by atomic mass is 16.6. The first-order valence-corrected chi connectivity index (χ1v) is 8.38. The van der Waals surface area contributed by atoms with Gasteiger partial charge >= 0.3 is 12.1 Å². The van der Waals surface area contributed by atoms with E-state index in [1.165, 1.54) is 4.90 Å². The van der Waals surface area contributed by atoms with E-state index in [1.807, 2.05) is 26.8 Å². The number of carbonyl (C=O) groups is 2. The average Bonchev–Trinajstić information content (AvgIpc) is 2.90. The minimum Gasteiger partial charge on any atom is -0.444 e. The fourth-order valence-corrected chi connectivity index (χ4v) is 2.54. The van der Waals surface area contributed by atoms with Crippen molar-refractivity contribution in [3.05, 3.63) is 35.9 Å². The summed E-state index contributed by atoms with van der Waals surface area (Å²) in [5.74, 6) is -0.502. The van der Waals surface area contributed by atoms with E-state index in [0.29, 0.717) is 5.56 Å². The first-order valence-electron chi connectivity index (χ1n) is 8.38. The molecule has 0 radical (unpaired) electrons. The Labute approximate surface area is 149 Å². The molecule has 1 aromatic carbocycles. The van der Waals surface area contributed by atoms with Crippen LogP contribution in [-0.4, -0.2) is 41.6 Å². The Morgan fingerprint density at radius 1 is 1.08 bits per heavy atom. The van der Waals surface area contributed by atoms with Crippen LogP contribution in [0.1, 0.15) is 51.9 Å². The predicted octanol–water partition coefficient (Wildman–Crippen LogP) is 3.81. The van der Waals surface area contributed by atoms with E-state index >= 15 is 0 Å². The first kappa shape index (κ1) is 19.2. The Hall–Kier alpha value is -2.08. The molecule has 1 amide bonds. The van der Waals surface area contributed by atoms with Crippen LogP contribution in [0, 0.1) is 5.41 Å². The molecule has 0 unspecified atom stereocenters. The molecular weight excluding hydrogens is 322 g/mol. The molecule has 25 heavy (non-hydrogen) atoms. The Balaban J connectivity index is 2.20. The summed E-state index contributed by atoms with van der Waals surface area (Å²) in [6.45, 7) is 11.3. The van der Waals surface area contributed by atoms with Gasteiger partial charge in [0.15, 0.2) is 0 Å². The molecule has 138 valence electrons. The highest BCUT2D eigenvalue weighted by Gasteiger charge is 2.47. The molecule has 6 nitrogen and oxygen atoms in total. The third-order valence-corrected chi connectivity index (χ3v) is 3.56. The highest BCUT2D eigenvalue weighted by Crippen LogP contribution is 2.33. The molecular formula is C19H27NO5. The molecule has 1 aliphatic heterocycles. The van der Waals surface area contributed by atoms with E-state index in [4.69, 9.17) is 14.2 Å². The third-order valence-electron chi connectivity index (χ3n) is 3.56. The summed E-state index contributed by atoms with van der Waals surface area (Å²) >= 11 is 0.